The summed E-state index contributed by atoms with van der Waals surface area (Å²) in [6, 6.07) is 14.0. The number of aryl methyl sites for hydroxylation is 3. The third-order valence-corrected chi connectivity index (χ3v) is 6.41. The summed E-state index contributed by atoms with van der Waals surface area (Å²) in [5.41, 5.74) is 7.03. The maximum atomic E-state index is 13.6. The number of ether oxygens (including phenoxy) is 2. The van der Waals surface area contributed by atoms with Crippen molar-refractivity contribution in [1.82, 2.24) is 19.7 Å². The van der Waals surface area contributed by atoms with Gasteiger partial charge in [-0.05, 0) is 38.5 Å². The molecule has 0 atom stereocenters. The topological polar surface area (TPSA) is 70.3 Å². The Hall–Kier alpha value is -3.58. The largest absolute Gasteiger partial charge is 0.493 e. The van der Waals surface area contributed by atoms with Crippen molar-refractivity contribution >= 4 is 10.9 Å². The van der Waals surface area contributed by atoms with E-state index in [9.17, 15) is 4.79 Å². The molecule has 2 aromatic carbocycles. The zero-order chi connectivity index (χ0) is 24.4. The molecule has 0 saturated carbocycles. The molecule has 0 amide bonds. The molecule has 0 fully saturated rings. The fraction of sp³-hybridized carbons (Fsp3) is 0.333. The molecule has 0 saturated heterocycles. The first kappa shape index (κ1) is 23.6. The lowest BCUT2D eigenvalue weighted by molar-refractivity contribution is 0.355. The van der Waals surface area contributed by atoms with E-state index >= 15 is 0 Å². The molecule has 2 aromatic heterocycles. The quantitative estimate of drug-likeness (QED) is 0.430. The van der Waals surface area contributed by atoms with E-state index in [1.165, 1.54) is 5.56 Å². The normalized spacial score (nSPS) is 11.2. The number of nitrogens with zero attached hydrogens (tertiary/aromatic N) is 3. The van der Waals surface area contributed by atoms with E-state index in [4.69, 9.17) is 9.47 Å². The predicted molar refractivity (Wildman–Crippen MR) is 135 cm³/mol. The van der Waals surface area contributed by atoms with Gasteiger partial charge in [0.25, 0.3) is 5.56 Å². The van der Waals surface area contributed by atoms with Crippen LogP contribution < -0.4 is 20.3 Å². The second-order valence-corrected chi connectivity index (χ2v) is 8.69. The number of fused-ring (bicyclic) bond motifs is 1. The minimum atomic E-state index is -0.0209. The lowest BCUT2D eigenvalue weighted by Crippen LogP contribution is -2.28. The van der Waals surface area contributed by atoms with Gasteiger partial charge in [-0.25, -0.2) is 0 Å². The fourth-order valence-corrected chi connectivity index (χ4v) is 4.32. The van der Waals surface area contributed by atoms with Crippen molar-refractivity contribution in [3.8, 4) is 11.5 Å². The zero-order valence-electron chi connectivity index (χ0n) is 20.7. The Kier molecular flexibility index (Phi) is 6.75. The standard InChI is InChI=1S/C27H32N4O3/c1-17-7-9-20(10-8-17)16-31-24-13-26(34-6)25(33-5)12-21(24)11-22(27(31)32)14-28-15-23-18(2)29-30(4)19(23)3/h7-13,28H,14-16H2,1-6H3. The average molecular weight is 461 g/mol. The number of nitrogens with one attached hydrogen (secondary N) is 1. The second-order valence-electron chi connectivity index (χ2n) is 8.69. The molecule has 0 bridgehead atoms. The summed E-state index contributed by atoms with van der Waals surface area (Å²) in [5.74, 6) is 1.23. The van der Waals surface area contributed by atoms with Crippen LogP contribution in [0.15, 0.2) is 47.3 Å². The number of benzene rings is 2. The highest BCUT2D eigenvalue weighted by atomic mass is 16.5. The maximum absolute atomic E-state index is 13.6. The van der Waals surface area contributed by atoms with Gasteiger partial charge in [0.05, 0.1) is 32.0 Å². The van der Waals surface area contributed by atoms with E-state index in [2.05, 4.69) is 48.5 Å². The van der Waals surface area contributed by atoms with Gasteiger partial charge in [0.15, 0.2) is 11.5 Å². The summed E-state index contributed by atoms with van der Waals surface area (Å²) >= 11 is 0. The van der Waals surface area contributed by atoms with Crippen molar-refractivity contribution in [2.24, 2.45) is 7.05 Å². The Morgan fingerprint density at radius 2 is 1.62 bits per heavy atom. The van der Waals surface area contributed by atoms with Crippen LogP contribution in [0.3, 0.4) is 0 Å². The number of hydrogen-bond donors (Lipinski definition) is 1. The van der Waals surface area contributed by atoms with Gasteiger partial charge in [-0.15, -0.1) is 0 Å². The number of pyridine rings is 1. The van der Waals surface area contributed by atoms with E-state index < -0.39 is 0 Å². The van der Waals surface area contributed by atoms with Crippen LogP contribution in [-0.2, 0) is 26.7 Å². The predicted octanol–water partition coefficient (Wildman–Crippen LogP) is 4.02. The number of hydrogen-bond acceptors (Lipinski definition) is 5. The molecule has 0 aliphatic carbocycles. The van der Waals surface area contributed by atoms with Crippen molar-refractivity contribution < 1.29 is 9.47 Å². The van der Waals surface area contributed by atoms with Crippen LogP contribution >= 0.6 is 0 Å². The molecule has 7 nitrogen and oxygen atoms in total. The zero-order valence-corrected chi connectivity index (χ0v) is 20.7. The van der Waals surface area contributed by atoms with Gasteiger partial charge in [-0.1, -0.05) is 29.8 Å². The number of methoxy groups -OCH3 is 2. The Morgan fingerprint density at radius 1 is 0.941 bits per heavy atom. The van der Waals surface area contributed by atoms with E-state index in [0.29, 0.717) is 36.7 Å². The SMILES string of the molecule is COc1cc2cc(CNCc3c(C)nn(C)c3C)c(=O)n(Cc3ccc(C)cc3)c2cc1OC. The van der Waals surface area contributed by atoms with Gasteiger partial charge in [-0.3, -0.25) is 9.48 Å². The third kappa shape index (κ3) is 4.56. The molecule has 2 heterocycles. The lowest BCUT2D eigenvalue weighted by Gasteiger charge is -2.16. The van der Waals surface area contributed by atoms with Gasteiger partial charge >= 0.3 is 0 Å². The van der Waals surface area contributed by atoms with E-state index in [1.807, 2.05) is 41.4 Å². The van der Waals surface area contributed by atoms with Crippen LogP contribution in [0.5, 0.6) is 11.5 Å². The van der Waals surface area contributed by atoms with Gasteiger partial charge < -0.3 is 19.4 Å². The minimum absolute atomic E-state index is 0.0209. The summed E-state index contributed by atoms with van der Waals surface area (Å²) < 4.78 is 14.7. The third-order valence-electron chi connectivity index (χ3n) is 6.41. The summed E-state index contributed by atoms with van der Waals surface area (Å²) in [4.78, 5) is 13.6. The first-order valence-electron chi connectivity index (χ1n) is 11.4. The summed E-state index contributed by atoms with van der Waals surface area (Å²) in [6.45, 7) is 7.69. The van der Waals surface area contributed by atoms with Crippen molar-refractivity contribution in [2.75, 3.05) is 14.2 Å². The molecular weight excluding hydrogens is 428 g/mol. The highest BCUT2D eigenvalue weighted by Gasteiger charge is 2.15. The van der Waals surface area contributed by atoms with Crippen molar-refractivity contribution in [3.05, 3.63) is 86.5 Å². The average Bonchev–Trinajstić information content (AvgIpc) is 3.07. The van der Waals surface area contributed by atoms with Crippen molar-refractivity contribution in [3.63, 3.8) is 0 Å². The summed E-state index contributed by atoms with van der Waals surface area (Å²) in [5, 5.41) is 8.85. The van der Waals surface area contributed by atoms with Crippen LogP contribution in [0.4, 0.5) is 0 Å². The molecule has 4 rings (SSSR count). The number of rotatable bonds is 8. The Labute approximate surface area is 199 Å². The molecule has 0 unspecified atom stereocenters. The van der Waals surface area contributed by atoms with Crippen molar-refractivity contribution in [1.29, 1.82) is 0 Å². The highest BCUT2D eigenvalue weighted by molar-refractivity contribution is 5.84. The molecule has 178 valence electrons. The first-order chi connectivity index (χ1) is 16.3. The maximum Gasteiger partial charge on any atom is 0.255 e. The smallest absolute Gasteiger partial charge is 0.255 e. The van der Waals surface area contributed by atoms with Crippen LogP contribution in [-0.4, -0.2) is 28.6 Å². The van der Waals surface area contributed by atoms with Gasteiger partial charge in [0, 0.05) is 48.4 Å². The highest BCUT2D eigenvalue weighted by Crippen LogP contribution is 2.32. The van der Waals surface area contributed by atoms with Crippen LogP contribution in [0.25, 0.3) is 10.9 Å². The molecule has 34 heavy (non-hydrogen) atoms. The molecule has 0 spiro atoms. The Bertz CT molecular complexity index is 1380. The Balaban J connectivity index is 1.74. The molecule has 1 N–H and O–H groups in total. The molecular formula is C27H32N4O3. The molecule has 7 heteroatoms. The van der Waals surface area contributed by atoms with Gasteiger partial charge in [0.2, 0.25) is 0 Å². The lowest BCUT2D eigenvalue weighted by atomic mass is 10.1. The molecule has 0 aliphatic heterocycles. The van der Waals surface area contributed by atoms with Gasteiger partial charge in [-0.2, -0.15) is 5.10 Å². The van der Waals surface area contributed by atoms with Crippen LogP contribution in [0.1, 0.15) is 33.6 Å². The van der Waals surface area contributed by atoms with E-state index in [0.717, 1.165) is 33.4 Å². The first-order valence-corrected chi connectivity index (χ1v) is 11.4. The monoisotopic (exact) mass is 460 g/mol. The van der Waals surface area contributed by atoms with E-state index in [1.54, 1.807) is 14.2 Å². The summed E-state index contributed by atoms with van der Waals surface area (Å²) in [6.07, 6.45) is 0. The van der Waals surface area contributed by atoms with Crippen LogP contribution in [0.2, 0.25) is 0 Å². The van der Waals surface area contributed by atoms with Crippen molar-refractivity contribution in [2.45, 2.75) is 40.4 Å². The Morgan fingerprint density at radius 3 is 2.24 bits per heavy atom. The molecule has 4 aromatic rings. The van der Waals surface area contributed by atoms with E-state index in [-0.39, 0.29) is 5.56 Å². The fourth-order valence-electron chi connectivity index (χ4n) is 4.32. The summed E-state index contributed by atoms with van der Waals surface area (Å²) in [7, 11) is 5.17. The molecule has 0 aliphatic rings. The molecule has 0 radical (unpaired) electrons. The minimum Gasteiger partial charge on any atom is -0.493 e. The van der Waals surface area contributed by atoms with Gasteiger partial charge in [0.1, 0.15) is 0 Å². The van der Waals surface area contributed by atoms with Crippen LogP contribution in [0, 0.1) is 20.8 Å². The second kappa shape index (κ2) is 9.73. The number of aromatic nitrogens is 3.